The zero-order chi connectivity index (χ0) is 36.7. The third kappa shape index (κ3) is 4.87. The first-order valence-corrected chi connectivity index (χ1v) is 19.7. The summed E-state index contributed by atoms with van der Waals surface area (Å²) in [7, 11) is 0. The van der Waals surface area contributed by atoms with E-state index in [4.69, 9.17) is 4.74 Å². The van der Waals surface area contributed by atoms with Gasteiger partial charge >= 0.3 is 0 Å². The Morgan fingerprint density at radius 1 is 0.655 bits per heavy atom. The number of allylic oxidation sites excluding steroid dienone is 6. The first-order chi connectivity index (χ1) is 27.1. The summed E-state index contributed by atoms with van der Waals surface area (Å²) < 4.78 is 7.57. The van der Waals surface area contributed by atoms with Crippen LogP contribution < -0.4 is 9.64 Å². The molecule has 0 saturated carbocycles. The summed E-state index contributed by atoms with van der Waals surface area (Å²) in [6.07, 6.45) is 15.8. The van der Waals surface area contributed by atoms with Gasteiger partial charge in [0.05, 0.1) is 5.70 Å². The Morgan fingerprint density at radius 3 is 2.24 bits per heavy atom. The monoisotopic (exact) mass is 707 g/mol. The van der Waals surface area contributed by atoms with Crippen molar-refractivity contribution in [2.24, 2.45) is 0 Å². The number of rotatable bonds is 5. The lowest BCUT2D eigenvalue weighted by Gasteiger charge is -2.34. The van der Waals surface area contributed by atoms with E-state index in [0.29, 0.717) is 0 Å². The second-order valence-corrected chi connectivity index (χ2v) is 15.9. The van der Waals surface area contributed by atoms with E-state index in [-0.39, 0.29) is 17.4 Å². The number of hydrogen-bond acceptors (Lipinski definition) is 2. The molecule has 0 fully saturated rings. The van der Waals surface area contributed by atoms with E-state index in [2.05, 4.69) is 195 Å². The van der Waals surface area contributed by atoms with Gasteiger partial charge in [0, 0.05) is 33.8 Å². The molecule has 2 heteroatoms. The normalized spacial score (nSPS) is 18.6. The van der Waals surface area contributed by atoms with Crippen LogP contribution in [0.1, 0.15) is 54.9 Å². The molecule has 2 atom stereocenters. The highest BCUT2D eigenvalue weighted by Gasteiger charge is 2.48. The van der Waals surface area contributed by atoms with Gasteiger partial charge in [0.1, 0.15) is 11.9 Å². The van der Waals surface area contributed by atoms with Gasteiger partial charge in [-0.15, -0.1) is 0 Å². The Morgan fingerprint density at radius 2 is 1.42 bits per heavy atom. The van der Waals surface area contributed by atoms with Gasteiger partial charge in [-0.05, 0) is 104 Å². The minimum Gasteiger partial charge on any atom is -0.482 e. The number of ether oxygens (including phenoxy) is 1. The molecule has 0 radical (unpaired) electrons. The van der Waals surface area contributed by atoms with E-state index in [9.17, 15) is 0 Å². The third-order valence-corrected chi connectivity index (χ3v) is 12.4. The molecule has 55 heavy (non-hydrogen) atoms. The number of benzene rings is 7. The van der Waals surface area contributed by atoms with E-state index in [1.54, 1.807) is 0 Å². The molecule has 0 bridgehead atoms. The highest BCUT2D eigenvalue weighted by Crippen LogP contribution is 2.62. The summed E-state index contributed by atoms with van der Waals surface area (Å²) in [6.45, 7) is 4.78. The van der Waals surface area contributed by atoms with Gasteiger partial charge in [-0.2, -0.15) is 0 Å². The number of nitrogens with zero attached hydrogens (tertiary/aromatic N) is 1. The Bertz CT molecular complexity index is 2820. The maximum absolute atomic E-state index is 7.57. The molecule has 4 aliphatic rings. The van der Waals surface area contributed by atoms with Gasteiger partial charge < -0.3 is 9.64 Å². The summed E-state index contributed by atoms with van der Waals surface area (Å²) in [5, 5.41) is 5.05. The predicted molar refractivity (Wildman–Crippen MR) is 230 cm³/mol. The van der Waals surface area contributed by atoms with Crippen molar-refractivity contribution < 1.29 is 4.74 Å². The summed E-state index contributed by atoms with van der Waals surface area (Å²) in [5.41, 5.74) is 14.8. The molecule has 1 aliphatic heterocycles. The molecular weight excluding hydrogens is 667 g/mol. The van der Waals surface area contributed by atoms with Crippen LogP contribution >= 0.6 is 0 Å². The molecule has 0 amide bonds. The van der Waals surface area contributed by atoms with Crippen molar-refractivity contribution in [1.82, 2.24) is 0 Å². The van der Waals surface area contributed by atoms with Crippen molar-refractivity contribution in [3.05, 3.63) is 204 Å². The van der Waals surface area contributed by atoms with E-state index in [1.165, 1.54) is 71.6 Å². The van der Waals surface area contributed by atoms with Crippen LogP contribution in [0.4, 0.5) is 11.4 Å². The van der Waals surface area contributed by atoms with Gasteiger partial charge in [-0.25, -0.2) is 0 Å². The van der Waals surface area contributed by atoms with Gasteiger partial charge in [0.15, 0.2) is 0 Å². The lowest BCUT2D eigenvalue weighted by atomic mass is 9.78. The van der Waals surface area contributed by atoms with Gasteiger partial charge in [-0.3, -0.25) is 0 Å². The minimum absolute atomic E-state index is 0.0426. The molecule has 7 aromatic rings. The third-order valence-electron chi connectivity index (χ3n) is 12.4. The average molecular weight is 708 g/mol. The molecule has 7 aromatic carbocycles. The fourth-order valence-electron chi connectivity index (χ4n) is 9.87. The van der Waals surface area contributed by atoms with E-state index >= 15 is 0 Å². The molecule has 0 aromatic heterocycles. The predicted octanol–water partition coefficient (Wildman–Crippen LogP) is 13.8. The lowest BCUT2D eigenvalue weighted by molar-refractivity contribution is 0.254. The Balaban J connectivity index is 1.11. The zero-order valence-corrected chi connectivity index (χ0v) is 31.2. The number of hydrogen-bond donors (Lipinski definition) is 0. The number of fused-ring (bicyclic) bond motifs is 11. The fraction of sp³-hybridized carbons (Fsp3) is 0.132. The van der Waals surface area contributed by atoms with Crippen LogP contribution in [0.3, 0.4) is 0 Å². The SMILES string of the molecule is CC1(C)c2cccc(-c3ccccc3)c2-c2c3c(c4ccccc4c21)C1C=CC=C(N(c2ccc(C4=CCCC=C4)cc2)c2ccc4ccccc4c2)C1O3. The lowest BCUT2D eigenvalue weighted by Crippen LogP contribution is -2.32. The highest BCUT2D eigenvalue weighted by atomic mass is 16.5. The largest absolute Gasteiger partial charge is 0.482 e. The summed E-state index contributed by atoms with van der Waals surface area (Å²) in [4.78, 5) is 2.43. The zero-order valence-electron chi connectivity index (χ0n) is 31.2. The summed E-state index contributed by atoms with van der Waals surface area (Å²) in [6, 6.07) is 51.3. The van der Waals surface area contributed by atoms with Crippen LogP contribution in [0.25, 0.3) is 49.4 Å². The second kappa shape index (κ2) is 12.3. The number of anilines is 2. The molecular formula is C53H41NO. The highest BCUT2D eigenvalue weighted by molar-refractivity contribution is 6.07. The summed E-state index contributed by atoms with van der Waals surface area (Å²) >= 11 is 0. The molecule has 2 unspecified atom stereocenters. The standard InChI is InChI=1S/C53H41NO/c1-53(2)45-25-13-23-41(37-18-7-4-8-19-37)48(45)49-50(53)43-22-12-11-21-42(43)47-44-24-14-26-46(51(44)55-52(47)49)54(40-32-29-35-17-9-10-20-38(35)33-40)39-30-27-36(28-31-39)34-15-5-3-6-16-34/h4-5,7-33,44,51H,3,6H2,1-2H3. The van der Waals surface area contributed by atoms with Crippen LogP contribution in [0.5, 0.6) is 5.75 Å². The molecule has 3 aliphatic carbocycles. The molecule has 0 N–H and O–H groups in total. The molecule has 0 saturated heterocycles. The molecule has 0 spiro atoms. The molecule has 11 rings (SSSR count). The van der Waals surface area contributed by atoms with Crippen LogP contribution in [-0.4, -0.2) is 6.10 Å². The fourth-order valence-corrected chi connectivity index (χ4v) is 9.87. The van der Waals surface area contributed by atoms with Crippen molar-refractivity contribution in [3.63, 3.8) is 0 Å². The van der Waals surface area contributed by atoms with Crippen molar-refractivity contribution >= 4 is 38.5 Å². The van der Waals surface area contributed by atoms with Gasteiger partial charge in [0.25, 0.3) is 0 Å². The van der Waals surface area contributed by atoms with Crippen LogP contribution in [-0.2, 0) is 5.41 Å². The van der Waals surface area contributed by atoms with Crippen molar-refractivity contribution in [2.45, 2.75) is 44.1 Å². The molecule has 264 valence electrons. The van der Waals surface area contributed by atoms with Crippen LogP contribution in [0.2, 0.25) is 0 Å². The maximum atomic E-state index is 7.57. The topological polar surface area (TPSA) is 12.5 Å². The minimum atomic E-state index is -0.221. The van der Waals surface area contributed by atoms with Gasteiger partial charge in [-0.1, -0.05) is 159 Å². The quantitative estimate of drug-likeness (QED) is 0.177. The average Bonchev–Trinajstić information content (AvgIpc) is 3.75. The second-order valence-electron chi connectivity index (χ2n) is 15.9. The van der Waals surface area contributed by atoms with Crippen molar-refractivity contribution in [2.75, 3.05) is 4.90 Å². The molecule has 1 heterocycles. The Kier molecular flexibility index (Phi) is 7.19. The van der Waals surface area contributed by atoms with Gasteiger partial charge in [0.2, 0.25) is 0 Å². The Hall–Kier alpha value is -6.38. The first-order valence-electron chi connectivity index (χ1n) is 19.7. The van der Waals surface area contributed by atoms with Crippen molar-refractivity contribution in [3.8, 4) is 28.0 Å². The van der Waals surface area contributed by atoms with Crippen LogP contribution in [0, 0.1) is 0 Å². The van der Waals surface area contributed by atoms with E-state index in [1.807, 2.05) is 0 Å². The summed E-state index contributed by atoms with van der Waals surface area (Å²) in [5.74, 6) is 1.07. The maximum Gasteiger partial charge on any atom is 0.149 e. The Labute approximate surface area is 323 Å². The first kappa shape index (κ1) is 32.1. The van der Waals surface area contributed by atoms with E-state index in [0.717, 1.165) is 35.7 Å². The molecule has 2 nitrogen and oxygen atoms in total. The van der Waals surface area contributed by atoms with Crippen molar-refractivity contribution in [1.29, 1.82) is 0 Å². The van der Waals surface area contributed by atoms with Crippen LogP contribution in [0.15, 0.2) is 182 Å². The van der Waals surface area contributed by atoms with E-state index < -0.39 is 0 Å². The smallest absolute Gasteiger partial charge is 0.149 e.